The van der Waals surface area contributed by atoms with Crippen molar-refractivity contribution in [1.82, 2.24) is 21.3 Å². The number of aryl methyl sites for hydroxylation is 4. The molecule has 11 N–H and O–H groups in total. The van der Waals surface area contributed by atoms with Gasteiger partial charge in [-0.3, -0.25) is 42.2 Å². The molecule has 8 unspecified atom stereocenters. The number of phenols is 4. The minimum absolute atomic E-state index is 0.0377. The van der Waals surface area contributed by atoms with E-state index in [1.54, 1.807) is 13.8 Å². The Kier molecular flexibility index (Phi) is 45.0. The lowest BCUT2D eigenvalue weighted by Gasteiger charge is -2.28. The highest BCUT2D eigenvalue weighted by Gasteiger charge is 2.36. The maximum Gasteiger partial charge on any atom is 0.328 e. The fraction of sp³-hybridized carbons (Fsp3) is 0.608. The highest BCUT2D eigenvalue weighted by molar-refractivity contribution is 7.53. The van der Waals surface area contributed by atoms with E-state index in [1.807, 2.05) is 245 Å². The summed E-state index contributed by atoms with van der Waals surface area (Å²) in [7, 11) is -11.1. The monoisotopic (exact) mass is 1930 g/mol. The Morgan fingerprint density at radius 3 is 0.720 bits per heavy atom. The third kappa shape index (κ3) is 42.4. The number of benzene rings is 5. The first-order chi connectivity index (χ1) is 59.8. The van der Waals surface area contributed by atoms with E-state index < -0.39 is 110 Å². The molecule has 0 saturated carbocycles. The number of carbonyl (C=O) groups excluding carboxylic acids is 5. The second-order valence-corrected chi connectivity index (χ2v) is 50.2. The minimum atomic E-state index is -3.54. The average Bonchev–Trinajstić information content (AvgIpc) is 0.795. The SMILES string of the molecule is CC(C)(C)c1cc(CCC(=O)NC(COP(C)(=O)OCc2ccccc2)C(=O)O)cc(C(C)(C)C)c1O.CC(C)OP(C)(=O)OCC(NC(=O)CCc1cc(C(C)(C)C)c(O)c(C(C)(C)C)c1)C(=O)O.COP(C)(=O)OCC(NC(=O)CCc1cc(C(C)(C)C)c(O)c(C(C)(C)C)c1)C(=O)O.COP(C)(=O)OCC(NC(=O)CCc1cc(C(C)(C)C)c(O)c(C(C)(C)C)c1)C(C)=O. The fourth-order valence-electron chi connectivity index (χ4n) is 13.0. The summed E-state index contributed by atoms with van der Waals surface area (Å²) < 4.78 is 89.0. The number of nitrogens with one attached hydrogen (secondary N) is 4. The Hall–Kier alpha value is -8.14. The zero-order valence-corrected chi connectivity index (χ0v) is 87.7. The first-order valence-corrected chi connectivity index (χ1v) is 51.9. The molecule has 0 spiro atoms. The standard InChI is InChI=1S/C28H40NO7P.C24H40NO7P.C23H38NO6P.C22H36NO7P/c1-27(2,3)21-15-20(16-22(25(21)31)28(4,5)6)13-14-24(30)29-23(26(32)33)18-36-37(7,34)35-17-19-11-9-8-10-12-19;1-15(2)32-33(9,30)31-14-19(22(28)29)25-20(26)11-10-16-12-17(23(3,4)5)21(27)18(13-16)24(6,7)8;1-15(25)19(14-30-31(9,28)29-8)24-20(26)11-10-16-12-17(22(2,3)4)21(27)18(13-16)23(5,6)7;1-21(2,3)15-11-14(12-16(19(15)25)22(4,5)6)9-10-18(24)23-17(20(26)27)13-30-31(8,28)29-7/h8-12,15-16,23,31H,13-14,17-18H2,1-7H3,(H,29,30)(H,32,33);12-13,15,19,27H,10-11,14H2,1-9H3,(H,25,26)(H,28,29);12-13,19,27H,10-11,14H2,1-9H3,(H,24,26);11-12,17,25H,9-10,13H2,1-8H3,(H,23,24)(H,26,27). The number of rotatable bonds is 39. The largest absolute Gasteiger partial charge is 0.507 e. The Bertz CT molecular complexity index is 4670. The van der Waals surface area contributed by atoms with Gasteiger partial charge in [0.1, 0.15) is 29.0 Å². The van der Waals surface area contributed by atoms with Gasteiger partial charge in [-0.1, -0.05) is 245 Å². The Labute approximate surface area is 783 Å². The molecule has 0 aromatic heterocycles. The summed E-state index contributed by atoms with van der Waals surface area (Å²) in [4.78, 5) is 96.5. The van der Waals surface area contributed by atoms with Crippen molar-refractivity contribution in [3.63, 3.8) is 0 Å². The molecule has 5 aromatic carbocycles. The van der Waals surface area contributed by atoms with Crippen LogP contribution in [0.1, 0.15) is 285 Å². The molecule has 0 fully saturated rings. The number of aliphatic carboxylic acids is 3. The fourth-order valence-corrected chi connectivity index (χ4v) is 16.1. The summed E-state index contributed by atoms with van der Waals surface area (Å²) >= 11 is 0. The number of ketones is 1. The number of hydrogen-bond acceptors (Lipinski definition) is 24. The van der Waals surface area contributed by atoms with Gasteiger partial charge in [-0.25, -0.2) is 14.4 Å². The molecule has 0 aliphatic carbocycles. The van der Waals surface area contributed by atoms with Crippen molar-refractivity contribution in [1.29, 1.82) is 0 Å². The Balaban J connectivity index is 0.000000597. The second-order valence-electron chi connectivity index (χ2n) is 41.8. The van der Waals surface area contributed by atoms with Crippen LogP contribution in [0.3, 0.4) is 0 Å². The molecule has 31 nitrogen and oxygen atoms in total. The second kappa shape index (κ2) is 49.6. The molecule has 8 atom stereocenters. The van der Waals surface area contributed by atoms with Crippen LogP contribution in [-0.2, 0) is 168 Å². The molecule has 0 saturated heterocycles. The summed E-state index contributed by atoms with van der Waals surface area (Å²) in [6, 6.07) is 19.4. The van der Waals surface area contributed by atoms with Crippen molar-refractivity contribution < 1.29 is 129 Å². The predicted molar refractivity (Wildman–Crippen MR) is 516 cm³/mol. The van der Waals surface area contributed by atoms with Crippen LogP contribution in [0.25, 0.3) is 0 Å². The number of phenolic OH excluding ortho intramolecular Hbond substituents is 4. The molecule has 132 heavy (non-hydrogen) atoms. The molecule has 0 bridgehead atoms. The van der Waals surface area contributed by atoms with Crippen molar-refractivity contribution in [2.75, 3.05) is 67.3 Å². The first kappa shape index (κ1) is 120. The van der Waals surface area contributed by atoms with E-state index in [0.717, 1.165) is 72.3 Å². The Morgan fingerprint density at radius 1 is 0.318 bits per heavy atom. The third-order valence-corrected chi connectivity index (χ3v) is 25.9. The van der Waals surface area contributed by atoms with Gasteiger partial charge in [0.25, 0.3) is 0 Å². The summed E-state index contributed by atoms with van der Waals surface area (Å²) in [5, 5.41) is 81.5. The average molecular weight is 1930 g/mol. The van der Waals surface area contributed by atoms with Gasteiger partial charge in [0.15, 0.2) is 23.9 Å². The van der Waals surface area contributed by atoms with Gasteiger partial charge in [-0.15, -0.1) is 0 Å². The molecular formula is C97H154N4O27P4. The highest BCUT2D eigenvalue weighted by Crippen LogP contribution is 2.49. The summed E-state index contributed by atoms with van der Waals surface area (Å²) in [5.74, 6) is -4.82. The van der Waals surface area contributed by atoms with E-state index >= 15 is 0 Å². The van der Waals surface area contributed by atoms with Gasteiger partial charge in [0.2, 0.25) is 23.6 Å². The molecule has 0 radical (unpaired) electrons. The van der Waals surface area contributed by atoms with Gasteiger partial charge in [-0.05, 0) is 162 Å². The van der Waals surface area contributed by atoms with E-state index in [-0.39, 0.29) is 117 Å². The summed E-state index contributed by atoms with van der Waals surface area (Å²) in [6.45, 7) is 56.6. The predicted octanol–water partition coefficient (Wildman–Crippen LogP) is 18.8. The van der Waals surface area contributed by atoms with Gasteiger partial charge >= 0.3 is 48.3 Å². The molecule has 35 heteroatoms. The van der Waals surface area contributed by atoms with E-state index in [4.69, 9.17) is 31.7 Å². The minimum Gasteiger partial charge on any atom is -0.507 e. The zero-order valence-electron chi connectivity index (χ0n) is 84.2. The van der Waals surface area contributed by atoms with Crippen LogP contribution in [0, 0.1) is 0 Å². The van der Waals surface area contributed by atoms with E-state index in [0.29, 0.717) is 31.4 Å². The number of carboxylic acid groups (broad SMARTS) is 3. The number of carboxylic acids is 3. The topological polar surface area (TPSA) is 468 Å². The molecular weight excluding hydrogens is 1780 g/mol. The van der Waals surface area contributed by atoms with Gasteiger partial charge < -0.3 is 93.2 Å². The highest BCUT2D eigenvalue weighted by atomic mass is 31.2. The molecule has 0 aliphatic rings. The van der Waals surface area contributed by atoms with Crippen LogP contribution in [0.4, 0.5) is 0 Å². The zero-order chi connectivity index (χ0) is 102. The van der Waals surface area contributed by atoms with Crippen LogP contribution < -0.4 is 21.3 Å². The molecule has 4 amide bonds. The summed E-state index contributed by atoms with van der Waals surface area (Å²) in [6.07, 6.45) is 1.51. The lowest BCUT2D eigenvalue weighted by atomic mass is 9.78. The number of Topliss-reactive ketones (excluding diaryl/α,β-unsaturated/α-hetero) is 1. The smallest absolute Gasteiger partial charge is 0.328 e. The van der Waals surface area contributed by atoms with E-state index in [1.165, 1.54) is 47.8 Å². The lowest BCUT2D eigenvalue weighted by Crippen LogP contribution is -2.44. The number of aromatic hydroxyl groups is 4. The van der Waals surface area contributed by atoms with Crippen molar-refractivity contribution in [2.24, 2.45) is 0 Å². The molecule has 0 aliphatic heterocycles. The van der Waals surface area contributed by atoms with Crippen LogP contribution in [0.2, 0.25) is 0 Å². The quantitative estimate of drug-likeness (QED) is 0.0163. The maximum absolute atomic E-state index is 12.6. The van der Waals surface area contributed by atoms with Gasteiger partial charge in [0, 0.05) is 66.6 Å². The summed E-state index contributed by atoms with van der Waals surface area (Å²) in [5.41, 5.74) is 8.55. The normalized spacial score (nSPS) is 15.0. The van der Waals surface area contributed by atoms with Crippen LogP contribution in [-0.4, -0.2) is 181 Å². The third-order valence-electron chi connectivity index (χ3n) is 20.7. The number of amides is 4. The van der Waals surface area contributed by atoms with Crippen molar-refractivity contribution >= 4 is 77.7 Å². The number of hydrogen-bond donors (Lipinski definition) is 11. The molecule has 5 aromatic rings. The van der Waals surface area contributed by atoms with Crippen molar-refractivity contribution in [3.05, 3.63) is 151 Å². The molecule has 5 rings (SSSR count). The van der Waals surface area contributed by atoms with Gasteiger partial charge in [0.05, 0.1) is 39.1 Å². The molecule has 744 valence electrons. The van der Waals surface area contributed by atoms with Crippen LogP contribution in [0.15, 0.2) is 78.9 Å². The van der Waals surface area contributed by atoms with Crippen LogP contribution in [0.5, 0.6) is 23.0 Å². The van der Waals surface area contributed by atoms with E-state index in [2.05, 4.69) is 25.8 Å². The number of carbonyl (C=O) groups is 8. The van der Waals surface area contributed by atoms with Crippen LogP contribution >= 0.6 is 30.4 Å². The lowest BCUT2D eigenvalue weighted by molar-refractivity contribution is -0.143. The van der Waals surface area contributed by atoms with E-state index in [9.17, 15) is 92.4 Å². The molecule has 0 heterocycles. The van der Waals surface area contributed by atoms with Crippen molar-refractivity contribution in [2.45, 2.75) is 319 Å². The maximum atomic E-state index is 12.6. The van der Waals surface area contributed by atoms with Crippen molar-refractivity contribution in [3.8, 4) is 23.0 Å². The first-order valence-electron chi connectivity index (χ1n) is 44.0. The van der Waals surface area contributed by atoms with Gasteiger partial charge in [-0.2, -0.15) is 0 Å². The Morgan fingerprint density at radius 2 is 0.523 bits per heavy atom.